The van der Waals surface area contributed by atoms with Crippen LogP contribution in [-0.4, -0.2) is 9.61 Å². The minimum Gasteiger partial charge on any atom is -0.220 e. The average Bonchev–Trinajstić information content (AvgIpc) is 2.45. The highest BCUT2D eigenvalue weighted by atomic mass is 79.9. The van der Waals surface area contributed by atoms with Gasteiger partial charge in [-0.15, -0.1) is 0 Å². The maximum absolute atomic E-state index is 8.83. The normalized spacial score (nSPS) is 10.4. The molecule has 0 aromatic carbocycles. The zero-order valence-electron chi connectivity index (χ0n) is 7.25. The fraction of sp³-hybridized carbons (Fsp3) is 0.111. The molecule has 0 saturated carbocycles. The Bertz CT molecular complexity index is 553. The molecule has 0 saturated heterocycles. The molecule has 70 valence electrons. The van der Waals surface area contributed by atoms with E-state index in [1.165, 1.54) is 4.52 Å². The maximum atomic E-state index is 8.83. The lowest BCUT2D eigenvalue weighted by Gasteiger charge is -1.99. The molecule has 0 bridgehead atoms. The van der Waals surface area contributed by atoms with Gasteiger partial charge in [-0.1, -0.05) is 11.6 Å². The molecule has 2 rings (SSSR count). The molecule has 0 radical (unpaired) electrons. The summed E-state index contributed by atoms with van der Waals surface area (Å²) in [6.07, 6.45) is 0. The Morgan fingerprint density at radius 3 is 2.93 bits per heavy atom. The third kappa shape index (κ3) is 1.29. The molecule has 5 heteroatoms. The van der Waals surface area contributed by atoms with Crippen molar-refractivity contribution < 1.29 is 0 Å². The third-order valence-electron chi connectivity index (χ3n) is 1.95. The lowest BCUT2D eigenvalue weighted by Crippen LogP contribution is -1.96. The second-order valence-electron chi connectivity index (χ2n) is 2.90. The van der Waals surface area contributed by atoms with Crippen LogP contribution in [0.5, 0.6) is 0 Å². The van der Waals surface area contributed by atoms with Crippen molar-refractivity contribution in [3.8, 4) is 6.07 Å². The van der Waals surface area contributed by atoms with Gasteiger partial charge in [0.2, 0.25) is 0 Å². The minimum absolute atomic E-state index is 0.414. The fourth-order valence-electron chi connectivity index (χ4n) is 1.23. The number of nitriles is 1. The zero-order valence-corrected chi connectivity index (χ0v) is 9.59. The first kappa shape index (κ1) is 9.50. The molecule has 0 unspecified atom stereocenters. The Hall–Kier alpha value is -1.05. The number of halogens is 2. The van der Waals surface area contributed by atoms with Gasteiger partial charge in [0.25, 0.3) is 0 Å². The van der Waals surface area contributed by atoms with Gasteiger partial charge in [-0.3, -0.25) is 0 Å². The summed E-state index contributed by atoms with van der Waals surface area (Å²) < 4.78 is 2.38. The van der Waals surface area contributed by atoms with Crippen LogP contribution in [-0.2, 0) is 0 Å². The predicted octanol–water partition coefficient (Wildman–Crippen LogP) is 2.93. The Morgan fingerprint density at radius 1 is 1.57 bits per heavy atom. The van der Waals surface area contributed by atoms with E-state index in [0.717, 1.165) is 15.6 Å². The summed E-state index contributed by atoms with van der Waals surface area (Å²) in [5, 5.41) is 13.3. The third-order valence-corrected chi connectivity index (χ3v) is 2.95. The van der Waals surface area contributed by atoms with Crippen LogP contribution < -0.4 is 0 Å². The van der Waals surface area contributed by atoms with Gasteiger partial charge in [-0.05, 0) is 40.5 Å². The van der Waals surface area contributed by atoms with Gasteiger partial charge in [0.05, 0.1) is 5.52 Å². The predicted molar refractivity (Wildman–Crippen MR) is 57.4 cm³/mol. The second kappa shape index (κ2) is 3.26. The summed E-state index contributed by atoms with van der Waals surface area (Å²) in [7, 11) is 0. The van der Waals surface area contributed by atoms with Crippen LogP contribution in [0.1, 0.15) is 11.3 Å². The first-order valence-electron chi connectivity index (χ1n) is 3.88. The van der Waals surface area contributed by atoms with Crippen LogP contribution in [0.25, 0.3) is 5.52 Å². The molecule has 0 aliphatic carbocycles. The molecule has 0 aliphatic rings. The highest BCUT2D eigenvalue weighted by molar-refractivity contribution is 9.10. The molecule has 0 aliphatic heterocycles. The molecule has 0 amide bonds. The van der Waals surface area contributed by atoms with E-state index in [4.69, 9.17) is 16.9 Å². The van der Waals surface area contributed by atoms with E-state index in [1.54, 1.807) is 6.07 Å². The van der Waals surface area contributed by atoms with Crippen molar-refractivity contribution in [1.82, 2.24) is 9.61 Å². The van der Waals surface area contributed by atoms with Crippen molar-refractivity contribution in [3.05, 3.63) is 33.0 Å². The van der Waals surface area contributed by atoms with Crippen molar-refractivity contribution in [1.29, 1.82) is 5.26 Å². The summed E-state index contributed by atoms with van der Waals surface area (Å²) >= 11 is 9.23. The molecule has 3 nitrogen and oxygen atoms in total. The van der Waals surface area contributed by atoms with Crippen LogP contribution in [0.4, 0.5) is 0 Å². The lowest BCUT2D eigenvalue weighted by atomic mass is 10.3. The molecule has 2 aromatic rings. The molecular formula is C9H5BrClN3. The monoisotopic (exact) mass is 269 g/mol. The number of rotatable bonds is 0. The van der Waals surface area contributed by atoms with Gasteiger partial charge in [0, 0.05) is 4.47 Å². The Balaban J connectivity index is 2.93. The van der Waals surface area contributed by atoms with E-state index >= 15 is 0 Å². The van der Waals surface area contributed by atoms with Gasteiger partial charge >= 0.3 is 0 Å². The van der Waals surface area contributed by atoms with Crippen molar-refractivity contribution in [2.24, 2.45) is 0 Å². The van der Waals surface area contributed by atoms with Gasteiger partial charge < -0.3 is 0 Å². The Kier molecular flexibility index (Phi) is 2.22. The van der Waals surface area contributed by atoms with E-state index in [-0.39, 0.29) is 0 Å². The largest absolute Gasteiger partial charge is 0.220 e. The van der Waals surface area contributed by atoms with Crippen LogP contribution in [0.2, 0.25) is 5.15 Å². The smallest absolute Gasteiger partial charge is 0.152 e. The number of aromatic nitrogens is 2. The highest BCUT2D eigenvalue weighted by Crippen LogP contribution is 2.24. The van der Waals surface area contributed by atoms with E-state index in [0.29, 0.717) is 10.8 Å². The lowest BCUT2D eigenvalue weighted by molar-refractivity contribution is 0.916. The number of fused-ring (bicyclic) bond motifs is 1. The molecule has 2 aromatic heterocycles. The number of aryl methyl sites for hydroxylation is 1. The van der Waals surface area contributed by atoms with Gasteiger partial charge in [-0.2, -0.15) is 10.4 Å². The second-order valence-corrected chi connectivity index (χ2v) is 4.12. The van der Waals surface area contributed by atoms with Crippen LogP contribution in [0.15, 0.2) is 16.6 Å². The maximum Gasteiger partial charge on any atom is 0.152 e. The first-order chi connectivity index (χ1) is 6.63. The summed E-state index contributed by atoms with van der Waals surface area (Å²) in [6.45, 7) is 1.88. The van der Waals surface area contributed by atoms with Crippen LogP contribution >= 0.6 is 27.5 Å². The summed E-state index contributed by atoms with van der Waals surface area (Å²) in [6, 6.07) is 5.66. The number of hydrogen-bond donors (Lipinski definition) is 0. The topological polar surface area (TPSA) is 41.1 Å². The molecule has 14 heavy (non-hydrogen) atoms. The van der Waals surface area contributed by atoms with Crippen molar-refractivity contribution in [3.63, 3.8) is 0 Å². The molecule has 2 heterocycles. The fourth-order valence-corrected chi connectivity index (χ4v) is 1.86. The SMILES string of the molecule is Cc1cc2c(Br)cc(C#N)n2nc1Cl. The van der Waals surface area contributed by atoms with Gasteiger partial charge in [0.1, 0.15) is 11.8 Å². The molecule has 0 atom stereocenters. The number of nitrogens with zero attached hydrogens (tertiary/aromatic N) is 3. The molecule has 0 N–H and O–H groups in total. The van der Waals surface area contributed by atoms with E-state index in [1.807, 2.05) is 19.1 Å². The summed E-state index contributed by atoms with van der Waals surface area (Å²) in [5.41, 5.74) is 2.21. The average molecular weight is 271 g/mol. The Labute approximate surface area is 94.0 Å². The highest BCUT2D eigenvalue weighted by Gasteiger charge is 2.09. The van der Waals surface area contributed by atoms with Crippen molar-refractivity contribution in [2.75, 3.05) is 0 Å². The van der Waals surface area contributed by atoms with Crippen molar-refractivity contribution >= 4 is 33.0 Å². The number of hydrogen-bond acceptors (Lipinski definition) is 2. The minimum atomic E-state index is 0.414. The van der Waals surface area contributed by atoms with Crippen molar-refractivity contribution in [2.45, 2.75) is 6.92 Å². The van der Waals surface area contributed by atoms with E-state index in [9.17, 15) is 0 Å². The molecular weight excluding hydrogens is 265 g/mol. The first-order valence-corrected chi connectivity index (χ1v) is 5.05. The molecule has 0 spiro atoms. The summed E-state index contributed by atoms with van der Waals surface area (Å²) in [4.78, 5) is 0. The zero-order chi connectivity index (χ0) is 10.3. The van der Waals surface area contributed by atoms with Crippen LogP contribution in [0, 0.1) is 18.3 Å². The standard InChI is InChI=1S/C9H5BrClN3/c1-5-2-8-7(10)3-6(4-12)14(8)13-9(5)11/h2-3H,1H3. The van der Waals surface area contributed by atoms with E-state index < -0.39 is 0 Å². The summed E-state index contributed by atoms with van der Waals surface area (Å²) in [5.74, 6) is 0. The molecule has 0 fully saturated rings. The Morgan fingerprint density at radius 2 is 2.29 bits per heavy atom. The van der Waals surface area contributed by atoms with Gasteiger partial charge in [0.15, 0.2) is 5.15 Å². The van der Waals surface area contributed by atoms with Crippen LogP contribution in [0.3, 0.4) is 0 Å². The quantitative estimate of drug-likeness (QED) is 0.738. The van der Waals surface area contributed by atoms with E-state index in [2.05, 4.69) is 21.0 Å². The van der Waals surface area contributed by atoms with Gasteiger partial charge in [-0.25, -0.2) is 4.52 Å².